The van der Waals surface area contributed by atoms with Gasteiger partial charge in [0.15, 0.2) is 5.75 Å². The third-order valence-corrected chi connectivity index (χ3v) is 3.81. The molecule has 8 heteroatoms. The highest BCUT2D eigenvalue weighted by Crippen LogP contribution is 2.21. The van der Waals surface area contributed by atoms with E-state index in [0.717, 1.165) is 0 Å². The Morgan fingerprint density at radius 3 is 2.36 bits per heavy atom. The van der Waals surface area contributed by atoms with Gasteiger partial charge in [0.25, 0.3) is 5.96 Å². The molecule has 0 aliphatic carbocycles. The fraction of sp³-hybridized carbons (Fsp3) is 0. The second kappa shape index (κ2) is 6.72. The summed E-state index contributed by atoms with van der Waals surface area (Å²) >= 11 is 0. The summed E-state index contributed by atoms with van der Waals surface area (Å²) in [6.07, 6.45) is 1.43. The minimum Gasteiger partial charge on any atom is -0.378 e. The number of nitrogens with two attached hydrogens (primary N) is 2. The maximum atomic E-state index is 12.2. The molecule has 0 amide bonds. The van der Waals surface area contributed by atoms with E-state index in [1.807, 2.05) is 0 Å². The molecule has 5 N–H and O–H groups in total. The second-order valence-electron chi connectivity index (χ2n) is 4.20. The van der Waals surface area contributed by atoms with Crippen molar-refractivity contribution in [3.8, 4) is 5.75 Å². The molecule has 0 saturated heterocycles. The van der Waals surface area contributed by atoms with Crippen LogP contribution >= 0.6 is 0 Å². The number of hydrogen-bond donors (Lipinski definition) is 3. The molecule has 2 aromatic rings. The zero-order valence-electron chi connectivity index (χ0n) is 11.5. The Morgan fingerprint density at radius 2 is 1.68 bits per heavy atom. The number of benzene rings is 2. The first-order valence-corrected chi connectivity index (χ1v) is 7.66. The molecule has 0 saturated carbocycles. The summed E-state index contributed by atoms with van der Waals surface area (Å²) in [5, 5.41) is 6.08. The molecule has 0 atom stereocenters. The van der Waals surface area contributed by atoms with Crippen LogP contribution in [-0.2, 0) is 10.1 Å². The zero-order chi connectivity index (χ0) is 16.0. The van der Waals surface area contributed by atoms with Crippen molar-refractivity contribution in [1.29, 1.82) is 0 Å². The predicted octanol–water partition coefficient (Wildman–Crippen LogP) is -0.858. The Labute approximate surface area is 128 Å². The van der Waals surface area contributed by atoms with Gasteiger partial charge in [-0.25, -0.2) is 0 Å². The van der Waals surface area contributed by atoms with E-state index >= 15 is 0 Å². The second-order valence-corrected chi connectivity index (χ2v) is 5.74. The molecule has 2 rings (SSSR count). The van der Waals surface area contributed by atoms with Crippen LogP contribution in [0.3, 0.4) is 0 Å². The van der Waals surface area contributed by atoms with Crippen LogP contribution in [0.5, 0.6) is 5.75 Å². The van der Waals surface area contributed by atoms with Crippen molar-refractivity contribution in [2.45, 2.75) is 4.90 Å². The number of para-hydroxylation sites is 1. The van der Waals surface area contributed by atoms with E-state index in [1.54, 1.807) is 36.4 Å². The highest BCUT2D eigenvalue weighted by Gasteiger charge is 2.18. The molecule has 114 valence electrons. The van der Waals surface area contributed by atoms with Gasteiger partial charge in [-0.2, -0.15) is 8.42 Å². The SMILES string of the molecule is NC(N)=N/[NH+]=C/c1ccccc1OS(=O)(=O)c1ccccc1. The van der Waals surface area contributed by atoms with Crippen molar-refractivity contribution in [1.82, 2.24) is 0 Å². The lowest BCUT2D eigenvalue weighted by Gasteiger charge is -2.07. The maximum Gasteiger partial charge on any atom is 0.339 e. The van der Waals surface area contributed by atoms with Gasteiger partial charge in [0.05, 0.1) is 5.56 Å². The molecule has 2 aromatic carbocycles. The van der Waals surface area contributed by atoms with Crippen molar-refractivity contribution in [3.05, 3.63) is 60.2 Å². The van der Waals surface area contributed by atoms with Gasteiger partial charge in [0.1, 0.15) is 4.90 Å². The van der Waals surface area contributed by atoms with Crippen LogP contribution in [0.15, 0.2) is 64.6 Å². The summed E-state index contributed by atoms with van der Waals surface area (Å²) in [6, 6.07) is 14.5. The van der Waals surface area contributed by atoms with E-state index in [1.165, 1.54) is 24.4 Å². The van der Waals surface area contributed by atoms with Crippen LogP contribution in [0.4, 0.5) is 0 Å². The minimum atomic E-state index is -3.91. The Morgan fingerprint density at radius 1 is 1.05 bits per heavy atom. The molecule has 0 unspecified atom stereocenters. The number of nitrogens with zero attached hydrogens (tertiary/aromatic N) is 1. The fourth-order valence-electron chi connectivity index (χ4n) is 1.61. The number of nitrogens with one attached hydrogen (secondary N) is 1. The number of hydrogen-bond acceptors (Lipinski definition) is 4. The number of hydrazone groups is 1. The third-order valence-electron chi connectivity index (χ3n) is 2.56. The largest absolute Gasteiger partial charge is 0.378 e. The van der Waals surface area contributed by atoms with E-state index in [0.29, 0.717) is 5.56 Å². The van der Waals surface area contributed by atoms with E-state index in [9.17, 15) is 8.42 Å². The minimum absolute atomic E-state index is 0.0713. The van der Waals surface area contributed by atoms with Gasteiger partial charge < -0.3 is 15.7 Å². The maximum absolute atomic E-state index is 12.2. The van der Waals surface area contributed by atoms with Gasteiger partial charge >= 0.3 is 10.1 Å². The number of rotatable bonds is 5. The van der Waals surface area contributed by atoms with Crippen LogP contribution in [0.1, 0.15) is 5.56 Å². The highest BCUT2D eigenvalue weighted by atomic mass is 32.2. The smallest absolute Gasteiger partial charge is 0.339 e. The van der Waals surface area contributed by atoms with E-state index in [2.05, 4.69) is 10.2 Å². The van der Waals surface area contributed by atoms with Gasteiger partial charge in [-0.05, 0) is 24.3 Å². The normalized spacial score (nSPS) is 11.3. The fourth-order valence-corrected chi connectivity index (χ4v) is 2.58. The van der Waals surface area contributed by atoms with Crippen LogP contribution < -0.4 is 20.8 Å². The first-order valence-electron chi connectivity index (χ1n) is 6.25. The summed E-state index contributed by atoms with van der Waals surface area (Å²) in [6.45, 7) is 0. The van der Waals surface area contributed by atoms with Crippen molar-refractivity contribution < 1.29 is 17.7 Å². The Hall–Kier alpha value is -2.87. The van der Waals surface area contributed by atoms with Gasteiger partial charge in [-0.15, -0.1) is 5.10 Å². The molecule has 0 spiro atoms. The molecular weight excluding hydrogens is 304 g/mol. The van der Waals surface area contributed by atoms with E-state index in [-0.39, 0.29) is 16.6 Å². The van der Waals surface area contributed by atoms with Crippen molar-refractivity contribution >= 4 is 22.3 Å². The van der Waals surface area contributed by atoms with Crippen LogP contribution in [0, 0.1) is 0 Å². The van der Waals surface area contributed by atoms with E-state index in [4.69, 9.17) is 15.7 Å². The summed E-state index contributed by atoms with van der Waals surface area (Å²) in [5.41, 5.74) is 10.9. The number of guanidine groups is 1. The molecule has 0 radical (unpaired) electrons. The Kier molecular flexibility index (Phi) is 4.74. The molecule has 22 heavy (non-hydrogen) atoms. The first kappa shape index (κ1) is 15.5. The predicted molar refractivity (Wildman–Crippen MR) is 82.6 cm³/mol. The van der Waals surface area contributed by atoms with Gasteiger partial charge in [0.2, 0.25) is 6.21 Å². The van der Waals surface area contributed by atoms with Gasteiger partial charge in [-0.1, -0.05) is 30.3 Å². The zero-order valence-corrected chi connectivity index (χ0v) is 12.3. The van der Waals surface area contributed by atoms with Crippen molar-refractivity contribution in [2.24, 2.45) is 16.6 Å². The summed E-state index contributed by atoms with van der Waals surface area (Å²) < 4.78 is 29.6. The molecule has 0 fully saturated rings. The highest BCUT2D eigenvalue weighted by molar-refractivity contribution is 7.87. The summed E-state index contributed by atoms with van der Waals surface area (Å²) in [4.78, 5) is 0.0713. The average molecular weight is 319 g/mol. The average Bonchev–Trinajstić information content (AvgIpc) is 2.49. The van der Waals surface area contributed by atoms with Crippen LogP contribution in [0.2, 0.25) is 0 Å². The van der Waals surface area contributed by atoms with Crippen molar-refractivity contribution in [2.75, 3.05) is 0 Å². The first-order chi connectivity index (χ1) is 10.5. The molecule has 0 aliphatic rings. The molecule has 0 bridgehead atoms. The summed E-state index contributed by atoms with van der Waals surface area (Å²) in [7, 11) is -3.91. The van der Waals surface area contributed by atoms with Gasteiger partial charge in [-0.3, -0.25) is 0 Å². The quantitative estimate of drug-likeness (QED) is 0.287. The monoisotopic (exact) mass is 319 g/mol. The molecule has 0 aromatic heterocycles. The van der Waals surface area contributed by atoms with E-state index < -0.39 is 10.1 Å². The Bertz CT molecular complexity index is 798. The summed E-state index contributed by atoms with van der Waals surface area (Å²) in [5.74, 6) is 0.0104. The molecular formula is C14H15N4O3S+. The lowest BCUT2D eigenvalue weighted by atomic mass is 10.2. The topological polar surface area (TPSA) is 122 Å². The Balaban J connectivity index is 2.31. The van der Waals surface area contributed by atoms with Crippen LogP contribution in [0.25, 0.3) is 0 Å². The van der Waals surface area contributed by atoms with Crippen LogP contribution in [-0.4, -0.2) is 20.6 Å². The van der Waals surface area contributed by atoms with Crippen molar-refractivity contribution in [3.63, 3.8) is 0 Å². The molecule has 0 aliphatic heterocycles. The lowest BCUT2D eigenvalue weighted by Crippen LogP contribution is -2.63. The standard InChI is InChI=1S/C14H14N4O3S/c15-14(16)18-17-10-11-6-4-5-9-13(11)21-22(19,20)12-7-2-1-3-8-12/h1-10H,(H4,15,16,18)/p+1/b17-10+. The lowest BCUT2D eigenvalue weighted by molar-refractivity contribution is -0.456. The van der Waals surface area contributed by atoms with Gasteiger partial charge in [0, 0.05) is 5.10 Å². The molecule has 7 nitrogen and oxygen atoms in total. The third kappa shape index (κ3) is 4.06. The molecule has 0 heterocycles.